The van der Waals surface area contributed by atoms with E-state index in [4.69, 9.17) is 19.5 Å². The van der Waals surface area contributed by atoms with E-state index >= 15 is 0 Å². The van der Waals surface area contributed by atoms with Crippen LogP contribution in [-0.4, -0.2) is 35.2 Å². The topological polar surface area (TPSA) is 119 Å². The molecule has 0 atom stereocenters. The smallest absolute Gasteiger partial charge is 0.488 e. The maximum absolute atomic E-state index is 12.1. The van der Waals surface area contributed by atoms with Crippen LogP contribution in [-0.2, 0) is 0 Å². The first kappa shape index (κ1) is 16.5. The third-order valence-electron chi connectivity index (χ3n) is 2.95. The lowest BCUT2D eigenvalue weighted by Gasteiger charge is -2.07. The SMILES string of the molecule is COc1ccc(OC(=O)c2cc(B(O)O)cc([N+](=O)[O-])c2)cc1. The molecule has 0 spiro atoms. The molecule has 0 aliphatic heterocycles. The Morgan fingerprint density at radius 2 is 1.74 bits per heavy atom. The summed E-state index contributed by atoms with van der Waals surface area (Å²) in [5, 5.41) is 29.2. The zero-order valence-corrected chi connectivity index (χ0v) is 12.0. The number of nitro benzene ring substituents is 1. The molecule has 9 heteroatoms. The summed E-state index contributed by atoms with van der Waals surface area (Å²) in [4.78, 5) is 22.2. The van der Waals surface area contributed by atoms with Crippen molar-refractivity contribution in [1.29, 1.82) is 0 Å². The monoisotopic (exact) mass is 317 g/mol. The number of hydrogen-bond acceptors (Lipinski definition) is 7. The lowest BCUT2D eigenvalue weighted by molar-refractivity contribution is -0.384. The lowest BCUT2D eigenvalue weighted by atomic mass is 9.79. The Balaban J connectivity index is 2.28. The number of non-ortho nitro benzene ring substituents is 1. The lowest BCUT2D eigenvalue weighted by Crippen LogP contribution is -2.31. The van der Waals surface area contributed by atoms with Gasteiger partial charge in [0.1, 0.15) is 11.5 Å². The van der Waals surface area contributed by atoms with Gasteiger partial charge < -0.3 is 19.5 Å². The summed E-state index contributed by atoms with van der Waals surface area (Å²) in [5.41, 5.74) is -0.795. The molecule has 0 aromatic heterocycles. The molecule has 2 aromatic rings. The van der Waals surface area contributed by atoms with Crippen LogP contribution in [0.1, 0.15) is 10.4 Å². The van der Waals surface area contributed by atoms with Crippen LogP contribution in [0, 0.1) is 10.1 Å². The molecule has 8 nitrogen and oxygen atoms in total. The number of esters is 1. The molecular formula is C14H12BNO7. The highest BCUT2D eigenvalue weighted by Crippen LogP contribution is 2.19. The Hall–Kier alpha value is -2.91. The van der Waals surface area contributed by atoms with E-state index in [-0.39, 0.29) is 16.8 Å². The van der Waals surface area contributed by atoms with Crippen LogP contribution < -0.4 is 14.9 Å². The summed E-state index contributed by atoms with van der Waals surface area (Å²) in [6.45, 7) is 0. The standard InChI is InChI=1S/C14H12BNO7/c1-22-12-2-4-13(5-3-12)23-14(17)9-6-10(15(18)19)8-11(7-9)16(20)21/h2-8,18-19H,1H3. The van der Waals surface area contributed by atoms with E-state index in [0.29, 0.717) is 5.75 Å². The van der Waals surface area contributed by atoms with Gasteiger partial charge in [-0.1, -0.05) is 0 Å². The van der Waals surface area contributed by atoms with Crippen molar-refractivity contribution in [2.45, 2.75) is 0 Å². The van der Waals surface area contributed by atoms with Crippen molar-refractivity contribution in [3.63, 3.8) is 0 Å². The summed E-state index contributed by atoms with van der Waals surface area (Å²) in [6, 6.07) is 9.24. The first-order valence-electron chi connectivity index (χ1n) is 6.42. The minimum absolute atomic E-state index is 0.168. The Labute approximate surface area is 131 Å². The Morgan fingerprint density at radius 1 is 1.13 bits per heavy atom. The Bertz CT molecular complexity index is 730. The van der Waals surface area contributed by atoms with Crippen LogP contribution in [0.15, 0.2) is 42.5 Å². The van der Waals surface area contributed by atoms with Gasteiger partial charge in [-0.15, -0.1) is 0 Å². The second kappa shape index (κ2) is 6.90. The van der Waals surface area contributed by atoms with E-state index in [2.05, 4.69) is 0 Å². The number of hydrogen-bond donors (Lipinski definition) is 2. The molecule has 23 heavy (non-hydrogen) atoms. The molecule has 0 saturated carbocycles. The molecule has 2 rings (SSSR count). The van der Waals surface area contributed by atoms with Gasteiger partial charge in [-0.25, -0.2) is 4.79 Å². The van der Waals surface area contributed by atoms with Crippen LogP contribution in [0.5, 0.6) is 11.5 Å². The molecule has 0 aliphatic carbocycles. The summed E-state index contributed by atoms with van der Waals surface area (Å²) in [6.07, 6.45) is 0. The maximum atomic E-state index is 12.1. The quantitative estimate of drug-likeness (QED) is 0.271. The largest absolute Gasteiger partial charge is 0.497 e. The van der Waals surface area contributed by atoms with Crippen molar-refractivity contribution >= 4 is 24.2 Å². The summed E-state index contributed by atoms with van der Waals surface area (Å²) >= 11 is 0. The van der Waals surface area contributed by atoms with Crippen molar-refractivity contribution in [2.75, 3.05) is 7.11 Å². The predicted molar refractivity (Wildman–Crippen MR) is 80.9 cm³/mol. The minimum Gasteiger partial charge on any atom is -0.497 e. The van der Waals surface area contributed by atoms with Gasteiger partial charge >= 0.3 is 13.1 Å². The number of carbonyl (C=O) groups is 1. The van der Waals surface area contributed by atoms with Crippen LogP contribution >= 0.6 is 0 Å². The molecule has 0 heterocycles. The second-order valence-corrected chi connectivity index (χ2v) is 4.51. The highest BCUT2D eigenvalue weighted by Gasteiger charge is 2.21. The molecule has 2 N–H and O–H groups in total. The van der Waals surface area contributed by atoms with Gasteiger partial charge in [-0.05, 0) is 35.8 Å². The van der Waals surface area contributed by atoms with Gasteiger partial charge in [0, 0.05) is 12.1 Å². The number of methoxy groups -OCH3 is 1. The van der Waals surface area contributed by atoms with Gasteiger partial charge in [-0.2, -0.15) is 0 Å². The van der Waals surface area contributed by atoms with Gasteiger partial charge in [0.15, 0.2) is 0 Å². The molecule has 0 unspecified atom stereocenters. The maximum Gasteiger partial charge on any atom is 0.488 e. The van der Waals surface area contributed by atoms with Crippen molar-refractivity contribution in [3.8, 4) is 11.5 Å². The van der Waals surface area contributed by atoms with E-state index in [1.807, 2.05) is 0 Å². The fourth-order valence-corrected chi connectivity index (χ4v) is 1.82. The second-order valence-electron chi connectivity index (χ2n) is 4.51. The van der Waals surface area contributed by atoms with Crippen molar-refractivity contribution in [1.82, 2.24) is 0 Å². The van der Waals surface area contributed by atoms with E-state index in [0.717, 1.165) is 18.2 Å². The fourth-order valence-electron chi connectivity index (χ4n) is 1.82. The van der Waals surface area contributed by atoms with Crippen LogP contribution in [0.3, 0.4) is 0 Å². The Morgan fingerprint density at radius 3 is 2.26 bits per heavy atom. The molecule has 0 radical (unpaired) electrons. The first-order valence-corrected chi connectivity index (χ1v) is 6.42. The molecule has 118 valence electrons. The summed E-state index contributed by atoms with van der Waals surface area (Å²) < 4.78 is 10.1. The van der Waals surface area contributed by atoms with E-state index in [1.165, 1.54) is 19.2 Å². The fraction of sp³-hybridized carbons (Fsp3) is 0.0714. The van der Waals surface area contributed by atoms with Gasteiger partial charge in [-0.3, -0.25) is 10.1 Å². The van der Waals surface area contributed by atoms with E-state index < -0.39 is 23.7 Å². The van der Waals surface area contributed by atoms with Gasteiger partial charge in [0.2, 0.25) is 0 Å². The zero-order chi connectivity index (χ0) is 17.0. The van der Waals surface area contributed by atoms with Crippen LogP contribution in [0.25, 0.3) is 0 Å². The van der Waals surface area contributed by atoms with Gasteiger partial charge in [0.25, 0.3) is 5.69 Å². The van der Waals surface area contributed by atoms with Gasteiger partial charge in [0.05, 0.1) is 17.6 Å². The number of benzene rings is 2. The normalized spacial score (nSPS) is 10.0. The average Bonchev–Trinajstić information content (AvgIpc) is 2.55. The molecule has 0 fully saturated rings. The predicted octanol–water partition coefficient (Wildman–Crippen LogP) is 0.502. The number of carbonyl (C=O) groups excluding carboxylic acids is 1. The highest BCUT2D eigenvalue weighted by molar-refractivity contribution is 6.58. The third-order valence-corrected chi connectivity index (χ3v) is 2.95. The minimum atomic E-state index is -1.94. The van der Waals surface area contributed by atoms with E-state index in [9.17, 15) is 14.9 Å². The van der Waals surface area contributed by atoms with Crippen LogP contribution in [0.4, 0.5) is 5.69 Å². The summed E-state index contributed by atoms with van der Waals surface area (Å²) in [5.74, 6) is -0.0694. The Kier molecular flexibility index (Phi) is 4.94. The molecule has 0 bridgehead atoms. The highest BCUT2D eigenvalue weighted by atomic mass is 16.6. The number of rotatable bonds is 5. The molecule has 0 aliphatic rings. The average molecular weight is 317 g/mol. The van der Waals surface area contributed by atoms with Crippen LogP contribution in [0.2, 0.25) is 0 Å². The summed E-state index contributed by atoms with van der Waals surface area (Å²) in [7, 11) is -0.450. The number of nitrogens with zero attached hydrogens (tertiary/aromatic N) is 1. The third kappa shape index (κ3) is 4.06. The van der Waals surface area contributed by atoms with Crippen molar-refractivity contribution < 1.29 is 29.2 Å². The molecular weight excluding hydrogens is 305 g/mol. The molecule has 2 aromatic carbocycles. The van der Waals surface area contributed by atoms with Crippen molar-refractivity contribution in [2.24, 2.45) is 0 Å². The molecule has 0 saturated heterocycles. The number of ether oxygens (including phenoxy) is 2. The molecule has 0 amide bonds. The van der Waals surface area contributed by atoms with E-state index in [1.54, 1.807) is 12.1 Å². The number of nitro groups is 1. The first-order chi connectivity index (χ1) is 10.9. The zero-order valence-electron chi connectivity index (χ0n) is 12.0. The van der Waals surface area contributed by atoms with Crippen molar-refractivity contribution in [3.05, 3.63) is 58.1 Å².